The summed E-state index contributed by atoms with van der Waals surface area (Å²) in [5.41, 5.74) is 1.88. The molecule has 0 spiro atoms. The second-order valence-corrected chi connectivity index (χ2v) is 6.48. The van der Waals surface area contributed by atoms with E-state index in [1.54, 1.807) is 0 Å². The monoisotopic (exact) mass is 262 g/mol. The zero-order chi connectivity index (χ0) is 14.1. The van der Waals surface area contributed by atoms with Crippen LogP contribution >= 0.6 is 0 Å². The molecule has 3 nitrogen and oxygen atoms in total. The highest BCUT2D eigenvalue weighted by Crippen LogP contribution is 2.30. The van der Waals surface area contributed by atoms with Crippen LogP contribution < -0.4 is 10.2 Å². The van der Waals surface area contributed by atoms with Gasteiger partial charge in [0.1, 0.15) is 0 Å². The number of rotatable bonds is 2. The molecule has 2 N–H and O–H groups in total. The van der Waals surface area contributed by atoms with E-state index in [-0.39, 0.29) is 5.54 Å². The number of nitrogens with zero attached hydrogens (tertiary/aromatic N) is 1. The summed E-state index contributed by atoms with van der Waals surface area (Å²) in [4.78, 5) is 2.35. The third kappa shape index (κ3) is 3.10. The molecule has 1 unspecified atom stereocenters. The first-order valence-electron chi connectivity index (χ1n) is 7.14. The fourth-order valence-electron chi connectivity index (χ4n) is 2.83. The summed E-state index contributed by atoms with van der Waals surface area (Å²) < 4.78 is 0. The average molecular weight is 262 g/mol. The van der Waals surface area contributed by atoms with Crippen LogP contribution in [-0.4, -0.2) is 35.9 Å². The number of para-hydroxylation sites is 1. The number of anilines is 1. The molecule has 2 rings (SSSR count). The first-order valence-corrected chi connectivity index (χ1v) is 7.14. The number of benzene rings is 1. The van der Waals surface area contributed by atoms with Crippen molar-refractivity contribution in [2.45, 2.75) is 45.3 Å². The van der Waals surface area contributed by atoms with E-state index < -0.39 is 5.60 Å². The molecule has 0 aromatic heterocycles. The van der Waals surface area contributed by atoms with Crippen LogP contribution in [0.4, 0.5) is 5.69 Å². The highest BCUT2D eigenvalue weighted by atomic mass is 16.3. The molecule has 1 heterocycles. The van der Waals surface area contributed by atoms with E-state index in [0.717, 1.165) is 13.0 Å². The maximum Gasteiger partial charge on any atom is 0.0917 e. The van der Waals surface area contributed by atoms with Gasteiger partial charge in [0, 0.05) is 30.9 Å². The molecule has 0 amide bonds. The quantitative estimate of drug-likeness (QED) is 0.857. The largest absolute Gasteiger partial charge is 0.387 e. The first kappa shape index (κ1) is 14.4. The van der Waals surface area contributed by atoms with Crippen molar-refractivity contribution >= 4 is 5.69 Å². The van der Waals surface area contributed by atoms with Gasteiger partial charge in [-0.1, -0.05) is 25.1 Å². The Morgan fingerprint density at radius 3 is 2.58 bits per heavy atom. The number of hydrogen-bond donors (Lipinski definition) is 2. The van der Waals surface area contributed by atoms with E-state index in [0.29, 0.717) is 13.1 Å². The zero-order valence-corrected chi connectivity index (χ0v) is 12.5. The standard InChI is InChI=1S/C16H26N2O/c1-5-13-8-6-7-9-14(13)18-12-16(4,19)11-17-10-15(18,2)3/h6-9,17,19H,5,10-12H2,1-4H3. The van der Waals surface area contributed by atoms with Gasteiger partial charge in [0.05, 0.1) is 5.60 Å². The van der Waals surface area contributed by atoms with Crippen LogP contribution in [0.5, 0.6) is 0 Å². The molecule has 1 aliphatic heterocycles. The van der Waals surface area contributed by atoms with Crippen molar-refractivity contribution in [3.8, 4) is 0 Å². The number of aryl methyl sites for hydroxylation is 1. The number of hydrogen-bond acceptors (Lipinski definition) is 3. The van der Waals surface area contributed by atoms with Crippen molar-refractivity contribution in [2.75, 3.05) is 24.5 Å². The van der Waals surface area contributed by atoms with Crippen LogP contribution in [0, 0.1) is 0 Å². The Bertz CT molecular complexity index is 440. The lowest BCUT2D eigenvalue weighted by Gasteiger charge is -2.41. The fourth-order valence-corrected chi connectivity index (χ4v) is 2.83. The second kappa shape index (κ2) is 5.14. The van der Waals surface area contributed by atoms with Crippen molar-refractivity contribution in [1.82, 2.24) is 5.32 Å². The van der Waals surface area contributed by atoms with E-state index >= 15 is 0 Å². The minimum atomic E-state index is -0.700. The third-order valence-electron chi connectivity index (χ3n) is 3.96. The summed E-state index contributed by atoms with van der Waals surface area (Å²) in [5, 5.41) is 13.9. The van der Waals surface area contributed by atoms with Gasteiger partial charge in [-0.15, -0.1) is 0 Å². The van der Waals surface area contributed by atoms with Gasteiger partial charge in [0.25, 0.3) is 0 Å². The first-order chi connectivity index (χ1) is 8.86. The van der Waals surface area contributed by atoms with Crippen molar-refractivity contribution in [1.29, 1.82) is 0 Å². The van der Waals surface area contributed by atoms with Crippen LogP contribution in [0.25, 0.3) is 0 Å². The van der Waals surface area contributed by atoms with Crippen molar-refractivity contribution in [3.05, 3.63) is 29.8 Å². The molecule has 106 valence electrons. The summed E-state index contributed by atoms with van der Waals surface area (Å²) in [6.07, 6.45) is 1.01. The molecule has 1 atom stereocenters. The molecule has 0 bridgehead atoms. The maximum atomic E-state index is 10.5. The molecule has 1 fully saturated rings. The molecule has 0 saturated carbocycles. The van der Waals surface area contributed by atoms with E-state index in [4.69, 9.17) is 0 Å². The summed E-state index contributed by atoms with van der Waals surface area (Å²) >= 11 is 0. The Balaban J connectivity index is 2.43. The molecule has 1 aromatic carbocycles. The normalized spacial score (nSPS) is 27.1. The van der Waals surface area contributed by atoms with Crippen molar-refractivity contribution in [2.24, 2.45) is 0 Å². The van der Waals surface area contributed by atoms with E-state index in [1.165, 1.54) is 11.3 Å². The maximum absolute atomic E-state index is 10.5. The van der Waals surface area contributed by atoms with Gasteiger partial charge in [-0.3, -0.25) is 0 Å². The zero-order valence-electron chi connectivity index (χ0n) is 12.5. The van der Waals surface area contributed by atoms with Gasteiger partial charge in [-0.2, -0.15) is 0 Å². The molecule has 1 saturated heterocycles. The Kier molecular flexibility index (Phi) is 3.88. The SMILES string of the molecule is CCc1ccccc1N1CC(C)(O)CNCC1(C)C. The van der Waals surface area contributed by atoms with Crippen LogP contribution in [0.1, 0.15) is 33.3 Å². The second-order valence-electron chi connectivity index (χ2n) is 6.48. The van der Waals surface area contributed by atoms with E-state index in [2.05, 4.69) is 55.3 Å². The molecule has 1 aromatic rings. The molecule has 19 heavy (non-hydrogen) atoms. The summed E-state index contributed by atoms with van der Waals surface area (Å²) in [6.45, 7) is 10.7. The predicted molar refractivity (Wildman–Crippen MR) is 80.7 cm³/mol. The lowest BCUT2D eigenvalue weighted by Crippen LogP contribution is -2.51. The number of β-amino-alcohol motifs (C(OH)–C–C–N with tert-alkyl or cyclic N) is 1. The Morgan fingerprint density at radius 1 is 1.21 bits per heavy atom. The Hall–Kier alpha value is -1.06. The van der Waals surface area contributed by atoms with E-state index in [1.807, 2.05) is 6.92 Å². The number of nitrogens with one attached hydrogen (secondary N) is 1. The summed E-state index contributed by atoms with van der Waals surface area (Å²) in [5.74, 6) is 0. The van der Waals surface area contributed by atoms with Gasteiger partial charge in [-0.25, -0.2) is 0 Å². The minimum absolute atomic E-state index is 0.00817. The van der Waals surface area contributed by atoms with Gasteiger partial charge >= 0.3 is 0 Å². The van der Waals surface area contributed by atoms with Crippen molar-refractivity contribution in [3.63, 3.8) is 0 Å². The summed E-state index contributed by atoms with van der Waals surface area (Å²) in [6, 6.07) is 8.52. The highest BCUT2D eigenvalue weighted by molar-refractivity contribution is 5.56. The molecule has 3 heteroatoms. The predicted octanol–water partition coefficient (Wildman–Crippen LogP) is 2.19. The average Bonchev–Trinajstić information content (AvgIpc) is 2.45. The van der Waals surface area contributed by atoms with Gasteiger partial charge in [-0.05, 0) is 38.8 Å². The lowest BCUT2D eigenvalue weighted by atomic mass is 9.98. The van der Waals surface area contributed by atoms with Crippen LogP contribution in [0.2, 0.25) is 0 Å². The lowest BCUT2D eigenvalue weighted by molar-refractivity contribution is 0.0720. The highest BCUT2D eigenvalue weighted by Gasteiger charge is 2.37. The van der Waals surface area contributed by atoms with Crippen LogP contribution in [0.15, 0.2) is 24.3 Å². The fraction of sp³-hybridized carbons (Fsp3) is 0.625. The van der Waals surface area contributed by atoms with Crippen molar-refractivity contribution < 1.29 is 5.11 Å². The Labute approximate surface area is 116 Å². The minimum Gasteiger partial charge on any atom is -0.387 e. The summed E-state index contributed by atoms with van der Waals surface area (Å²) in [7, 11) is 0. The molecule has 0 radical (unpaired) electrons. The van der Waals surface area contributed by atoms with Crippen LogP contribution in [-0.2, 0) is 6.42 Å². The van der Waals surface area contributed by atoms with Gasteiger partial charge in [0.2, 0.25) is 0 Å². The molecular formula is C16H26N2O. The van der Waals surface area contributed by atoms with Gasteiger partial charge < -0.3 is 15.3 Å². The van der Waals surface area contributed by atoms with Crippen LogP contribution in [0.3, 0.4) is 0 Å². The smallest absolute Gasteiger partial charge is 0.0917 e. The third-order valence-corrected chi connectivity index (χ3v) is 3.96. The molecular weight excluding hydrogens is 236 g/mol. The molecule has 0 aliphatic carbocycles. The van der Waals surface area contributed by atoms with Gasteiger partial charge in [0.15, 0.2) is 0 Å². The Morgan fingerprint density at radius 2 is 1.89 bits per heavy atom. The topological polar surface area (TPSA) is 35.5 Å². The molecule has 1 aliphatic rings. The van der Waals surface area contributed by atoms with E-state index in [9.17, 15) is 5.11 Å². The number of aliphatic hydroxyl groups is 1.